The van der Waals surface area contributed by atoms with Crippen LogP contribution in [0.2, 0.25) is 0 Å². The van der Waals surface area contributed by atoms with Gasteiger partial charge in [-0.15, -0.1) is 0 Å². The first-order chi connectivity index (χ1) is 7.40. The molecule has 0 bridgehead atoms. The fourth-order valence-corrected chi connectivity index (χ4v) is 1.47. The Labute approximate surface area is 97.6 Å². The largest absolute Gasteiger partial charge is 0.504 e. The topological polar surface area (TPSA) is 83.8 Å². The number of hydrogen-bond acceptors (Lipinski definition) is 4. The van der Waals surface area contributed by atoms with Gasteiger partial charge in [0.1, 0.15) is 5.56 Å². The lowest BCUT2D eigenvalue weighted by molar-refractivity contribution is -0.131. The van der Waals surface area contributed by atoms with E-state index in [-0.39, 0.29) is 10.2 Å². The summed E-state index contributed by atoms with van der Waals surface area (Å²) < 4.78 is 17.9. The first-order valence-electron chi connectivity index (χ1n) is 3.92. The minimum absolute atomic E-state index is 0.174. The van der Waals surface area contributed by atoms with Crippen molar-refractivity contribution in [2.45, 2.75) is 0 Å². The molecule has 0 aliphatic heterocycles. The summed E-state index contributed by atoms with van der Waals surface area (Å²) in [6.45, 7) is 0. The first-order valence-corrected chi connectivity index (χ1v) is 4.72. The molecule has 0 amide bonds. The molecular formula is C9H6BrFO5. The lowest BCUT2D eigenvalue weighted by Gasteiger charge is -2.09. The molecule has 7 heteroatoms. The molecule has 0 spiro atoms. The Balaban J connectivity index is 3.53. The molecule has 0 unspecified atom stereocenters. The molecule has 5 nitrogen and oxygen atoms in total. The summed E-state index contributed by atoms with van der Waals surface area (Å²) in [4.78, 5) is 21.6. The highest BCUT2D eigenvalue weighted by molar-refractivity contribution is 9.10. The van der Waals surface area contributed by atoms with Crippen molar-refractivity contribution in [3.63, 3.8) is 0 Å². The van der Waals surface area contributed by atoms with Crippen molar-refractivity contribution in [3.8, 4) is 11.5 Å². The molecule has 0 aliphatic rings. The second-order valence-corrected chi connectivity index (χ2v) is 3.59. The van der Waals surface area contributed by atoms with Gasteiger partial charge in [0.05, 0.1) is 11.6 Å². The number of hydrogen-bond donors (Lipinski definition) is 2. The number of halogens is 2. The zero-order valence-electron chi connectivity index (χ0n) is 7.95. The second-order valence-electron chi connectivity index (χ2n) is 2.73. The minimum atomic E-state index is -1.87. The maximum absolute atomic E-state index is 13.4. The number of Topliss-reactive ketones (excluding diaryl/α,β-unsaturated/α-hetero) is 1. The Bertz CT molecular complexity index is 471. The van der Waals surface area contributed by atoms with E-state index in [0.717, 1.165) is 6.07 Å². The molecule has 0 aliphatic carbocycles. The number of carbonyl (C=O) groups is 2. The zero-order chi connectivity index (χ0) is 12.5. The van der Waals surface area contributed by atoms with E-state index in [9.17, 15) is 19.1 Å². The molecule has 1 aromatic carbocycles. The Morgan fingerprint density at radius 1 is 1.50 bits per heavy atom. The van der Waals surface area contributed by atoms with Gasteiger partial charge in [0.25, 0.3) is 5.78 Å². The summed E-state index contributed by atoms with van der Waals surface area (Å²) in [5, 5.41) is 17.9. The summed E-state index contributed by atoms with van der Waals surface area (Å²) >= 11 is 2.78. The summed E-state index contributed by atoms with van der Waals surface area (Å²) in [6.07, 6.45) is 0. The van der Waals surface area contributed by atoms with Crippen LogP contribution < -0.4 is 4.74 Å². The SMILES string of the molecule is COc1cc(Br)c(F)c(C(=O)C(=O)O)c1O. The summed E-state index contributed by atoms with van der Waals surface area (Å²) in [6, 6.07) is 1.09. The molecule has 1 rings (SSSR count). The van der Waals surface area contributed by atoms with E-state index in [2.05, 4.69) is 20.7 Å². The molecule has 0 radical (unpaired) electrons. The van der Waals surface area contributed by atoms with Crippen LogP contribution in [-0.2, 0) is 4.79 Å². The van der Waals surface area contributed by atoms with Crippen LogP contribution in [0.25, 0.3) is 0 Å². The normalized spacial score (nSPS) is 9.94. The van der Waals surface area contributed by atoms with Crippen LogP contribution >= 0.6 is 15.9 Å². The van der Waals surface area contributed by atoms with Crippen LogP contribution in [0.1, 0.15) is 10.4 Å². The van der Waals surface area contributed by atoms with E-state index in [1.807, 2.05) is 0 Å². The zero-order valence-corrected chi connectivity index (χ0v) is 9.54. The summed E-state index contributed by atoms with van der Waals surface area (Å²) in [5.74, 6) is -5.59. The van der Waals surface area contributed by atoms with Gasteiger partial charge in [-0.2, -0.15) is 0 Å². The molecule has 0 aromatic heterocycles. The minimum Gasteiger partial charge on any atom is -0.504 e. The molecular weight excluding hydrogens is 287 g/mol. The summed E-state index contributed by atoms with van der Waals surface area (Å²) in [7, 11) is 1.19. The Morgan fingerprint density at radius 2 is 2.06 bits per heavy atom. The third kappa shape index (κ3) is 1.99. The van der Waals surface area contributed by atoms with Gasteiger partial charge in [-0.05, 0) is 15.9 Å². The molecule has 0 saturated carbocycles. The summed E-state index contributed by atoms with van der Waals surface area (Å²) in [5.41, 5.74) is -0.932. The van der Waals surface area contributed by atoms with Crippen LogP contribution in [0.4, 0.5) is 4.39 Å². The highest BCUT2D eigenvalue weighted by atomic mass is 79.9. The highest BCUT2D eigenvalue weighted by Crippen LogP contribution is 2.36. The number of benzene rings is 1. The first kappa shape index (κ1) is 12.4. The number of phenolic OH excluding ortho intramolecular Hbond substituents is 1. The molecule has 86 valence electrons. The van der Waals surface area contributed by atoms with Crippen molar-refractivity contribution in [3.05, 3.63) is 21.9 Å². The van der Waals surface area contributed by atoms with Crippen molar-refractivity contribution in [1.29, 1.82) is 0 Å². The van der Waals surface area contributed by atoms with Gasteiger partial charge in [0.15, 0.2) is 17.3 Å². The van der Waals surface area contributed by atoms with Crippen molar-refractivity contribution in [2.24, 2.45) is 0 Å². The molecule has 16 heavy (non-hydrogen) atoms. The number of carboxylic acids is 1. The van der Waals surface area contributed by atoms with Gasteiger partial charge in [-0.3, -0.25) is 4.79 Å². The molecule has 2 N–H and O–H groups in total. The van der Waals surface area contributed by atoms with Gasteiger partial charge < -0.3 is 14.9 Å². The Hall–Kier alpha value is -1.63. The van der Waals surface area contributed by atoms with Gasteiger partial charge in [0.2, 0.25) is 0 Å². The number of aliphatic carboxylic acids is 1. The molecule has 0 fully saturated rings. The molecule has 0 saturated heterocycles. The number of methoxy groups -OCH3 is 1. The monoisotopic (exact) mass is 292 g/mol. The van der Waals surface area contributed by atoms with E-state index >= 15 is 0 Å². The lowest BCUT2D eigenvalue weighted by Crippen LogP contribution is -2.15. The predicted octanol–water partition coefficient (Wildman–Crippen LogP) is 1.57. The smallest absolute Gasteiger partial charge is 0.377 e. The predicted molar refractivity (Wildman–Crippen MR) is 54.3 cm³/mol. The highest BCUT2D eigenvalue weighted by Gasteiger charge is 2.27. The number of carbonyl (C=O) groups excluding carboxylic acids is 1. The third-order valence-corrected chi connectivity index (χ3v) is 2.38. The van der Waals surface area contributed by atoms with Crippen LogP contribution in [0.15, 0.2) is 10.5 Å². The molecule has 0 heterocycles. The Kier molecular flexibility index (Phi) is 3.48. The molecule has 0 atom stereocenters. The maximum atomic E-state index is 13.4. The third-order valence-electron chi connectivity index (χ3n) is 1.80. The van der Waals surface area contributed by atoms with Crippen molar-refractivity contribution >= 4 is 27.7 Å². The number of phenols is 1. The van der Waals surface area contributed by atoms with Crippen LogP contribution in [0.3, 0.4) is 0 Å². The second kappa shape index (κ2) is 4.48. The van der Waals surface area contributed by atoms with Gasteiger partial charge in [-0.25, -0.2) is 9.18 Å². The van der Waals surface area contributed by atoms with Gasteiger partial charge in [-0.1, -0.05) is 0 Å². The van der Waals surface area contributed by atoms with Crippen molar-refractivity contribution in [2.75, 3.05) is 7.11 Å². The maximum Gasteiger partial charge on any atom is 0.377 e. The van der Waals surface area contributed by atoms with Gasteiger partial charge in [0, 0.05) is 6.07 Å². The van der Waals surface area contributed by atoms with Crippen LogP contribution in [-0.4, -0.2) is 29.1 Å². The fraction of sp³-hybridized carbons (Fsp3) is 0.111. The van der Waals surface area contributed by atoms with Crippen molar-refractivity contribution < 1.29 is 28.9 Å². The van der Waals surface area contributed by atoms with E-state index in [0.29, 0.717) is 0 Å². The van der Waals surface area contributed by atoms with Crippen LogP contribution in [0, 0.1) is 5.82 Å². The Morgan fingerprint density at radius 3 is 2.50 bits per heavy atom. The number of carboxylic acid groups (broad SMARTS) is 1. The van der Waals surface area contributed by atoms with Gasteiger partial charge >= 0.3 is 5.97 Å². The van der Waals surface area contributed by atoms with Crippen LogP contribution in [0.5, 0.6) is 11.5 Å². The average molecular weight is 293 g/mol. The van der Waals surface area contributed by atoms with E-state index in [1.54, 1.807) is 0 Å². The van der Waals surface area contributed by atoms with E-state index in [1.165, 1.54) is 7.11 Å². The van der Waals surface area contributed by atoms with E-state index < -0.39 is 28.9 Å². The number of ether oxygens (including phenoxy) is 1. The number of ketones is 1. The quantitative estimate of drug-likeness (QED) is 0.653. The standard InChI is InChI=1S/C9H6BrFO5/c1-16-4-2-3(10)6(11)5(7(4)12)8(13)9(14)15/h2,12H,1H3,(H,14,15). The van der Waals surface area contributed by atoms with E-state index in [4.69, 9.17) is 5.11 Å². The fourth-order valence-electron chi connectivity index (χ4n) is 1.06. The lowest BCUT2D eigenvalue weighted by atomic mass is 10.1. The number of rotatable bonds is 3. The molecule has 1 aromatic rings. The number of aromatic hydroxyl groups is 1. The average Bonchev–Trinajstić information content (AvgIpc) is 2.23. The van der Waals surface area contributed by atoms with Crippen molar-refractivity contribution in [1.82, 2.24) is 0 Å².